The first-order valence-corrected chi connectivity index (χ1v) is 11.0. The smallest absolute Gasteiger partial charge is 0.414 e. The monoisotopic (exact) mass is 455 g/mol. The third-order valence-electron chi connectivity index (χ3n) is 5.02. The maximum Gasteiger partial charge on any atom is 0.414 e. The van der Waals surface area contributed by atoms with Gasteiger partial charge < -0.3 is 10.1 Å². The van der Waals surface area contributed by atoms with Gasteiger partial charge in [-0.3, -0.25) is 9.69 Å². The summed E-state index contributed by atoms with van der Waals surface area (Å²) in [5.74, 6) is 0.0975. The van der Waals surface area contributed by atoms with Crippen LogP contribution in [-0.2, 0) is 22.3 Å². The lowest BCUT2D eigenvalue weighted by Gasteiger charge is -2.14. The molecule has 4 rings (SSSR count). The van der Waals surface area contributed by atoms with E-state index in [-0.39, 0.29) is 19.0 Å². The van der Waals surface area contributed by atoms with Gasteiger partial charge in [-0.2, -0.15) is 5.10 Å². The van der Waals surface area contributed by atoms with Crippen molar-refractivity contribution < 1.29 is 18.7 Å². The first-order valence-electron chi connectivity index (χ1n) is 9.99. The van der Waals surface area contributed by atoms with Crippen LogP contribution in [-0.4, -0.2) is 46.0 Å². The molecule has 1 aliphatic heterocycles. The Morgan fingerprint density at radius 2 is 2.06 bits per heavy atom. The Balaban J connectivity index is 1.42. The average Bonchev–Trinajstić information content (AvgIpc) is 3.36. The van der Waals surface area contributed by atoms with E-state index < -0.39 is 18.0 Å². The normalized spacial score (nSPS) is 15.7. The van der Waals surface area contributed by atoms with Gasteiger partial charge in [-0.25, -0.2) is 18.9 Å². The van der Waals surface area contributed by atoms with Crippen LogP contribution in [0, 0.1) is 5.82 Å². The largest absolute Gasteiger partial charge is 0.442 e. The maximum atomic E-state index is 14.9. The number of anilines is 1. The van der Waals surface area contributed by atoms with Gasteiger partial charge in [-0.1, -0.05) is 36.0 Å². The number of benzene rings is 2. The molecule has 32 heavy (non-hydrogen) atoms. The average molecular weight is 456 g/mol. The molecule has 10 heteroatoms. The zero-order chi connectivity index (χ0) is 22.7. The molecule has 0 radical (unpaired) electrons. The fourth-order valence-corrected chi connectivity index (χ4v) is 4.19. The number of nitrogens with zero attached hydrogens (tertiary/aromatic N) is 4. The number of hydrogen-bond donors (Lipinski definition) is 1. The number of cyclic esters (lactones) is 1. The first-order chi connectivity index (χ1) is 15.4. The van der Waals surface area contributed by atoms with Crippen LogP contribution in [0.15, 0.2) is 53.9 Å². The highest BCUT2D eigenvalue weighted by molar-refractivity contribution is 7.98. The van der Waals surface area contributed by atoms with Crippen molar-refractivity contribution in [1.82, 2.24) is 20.1 Å². The van der Waals surface area contributed by atoms with Crippen molar-refractivity contribution >= 4 is 29.4 Å². The molecule has 8 nitrogen and oxygen atoms in total. The molecular formula is C22H22FN5O3S. The molecule has 2 heterocycles. The molecule has 1 aromatic heterocycles. The number of carbonyl (C=O) groups is 2. The van der Waals surface area contributed by atoms with Crippen LogP contribution in [0.1, 0.15) is 12.5 Å². The van der Waals surface area contributed by atoms with E-state index in [0.717, 1.165) is 22.0 Å². The molecule has 1 atom stereocenters. The van der Waals surface area contributed by atoms with Gasteiger partial charge in [0.2, 0.25) is 5.91 Å². The Morgan fingerprint density at radius 3 is 2.72 bits per heavy atom. The Bertz CT molecular complexity index is 1130. The summed E-state index contributed by atoms with van der Waals surface area (Å²) in [4.78, 5) is 28.8. The second-order valence-corrected chi connectivity index (χ2v) is 8.31. The van der Waals surface area contributed by atoms with Gasteiger partial charge >= 0.3 is 6.09 Å². The van der Waals surface area contributed by atoms with Crippen LogP contribution < -0.4 is 10.2 Å². The highest BCUT2D eigenvalue weighted by Gasteiger charge is 2.32. The minimum Gasteiger partial charge on any atom is -0.442 e. The van der Waals surface area contributed by atoms with Crippen molar-refractivity contribution in [1.29, 1.82) is 0 Å². The van der Waals surface area contributed by atoms with Crippen LogP contribution in [0.25, 0.3) is 11.1 Å². The fraction of sp³-hybridized carbons (Fsp3) is 0.273. The highest BCUT2D eigenvalue weighted by Crippen LogP contribution is 2.30. The summed E-state index contributed by atoms with van der Waals surface area (Å²) in [5, 5.41) is 7.50. The predicted molar refractivity (Wildman–Crippen MR) is 119 cm³/mol. The molecule has 1 N–H and O–H groups in total. The van der Waals surface area contributed by atoms with Crippen molar-refractivity contribution in [3.8, 4) is 11.1 Å². The summed E-state index contributed by atoms with van der Waals surface area (Å²) < 4.78 is 21.8. The van der Waals surface area contributed by atoms with Crippen LogP contribution in [0.2, 0.25) is 0 Å². The van der Waals surface area contributed by atoms with E-state index in [1.807, 2.05) is 31.3 Å². The van der Waals surface area contributed by atoms with Crippen molar-refractivity contribution in [3.63, 3.8) is 0 Å². The molecule has 0 bridgehead atoms. The molecule has 1 fully saturated rings. The number of amides is 2. The van der Waals surface area contributed by atoms with Crippen molar-refractivity contribution in [2.24, 2.45) is 7.05 Å². The third kappa shape index (κ3) is 4.91. The van der Waals surface area contributed by atoms with Crippen molar-refractivity contribution in [2.75, 3.05) is 18.0 Å². The van der Waals surface area contributed by atoms with Gasteiger partial charge in [0, 0.05) is 25.3 Å². The lowest BCUT2D eigenvalue weighted by molar-refractivity contribution is -0.119. The number of ether oxygens (including phenoxy) is 1. The first kappa shape index (κ1) is 21.8. The molecule has 1 aliphatic rings. The van der Waals surface area contributed by atoms with E-state index in [9.17, 15) is 14.0 Å². The van der Waals surface area contributed by atoms with Crippen molar-refractivity contribution in [2.45, 2.75) is 23.9 Å². The lowest BCUT2D eigenvalue weighted by atomic mass is 10.0. The zero-order valence-corrected chi connectivity index (χ0v) is 18.4. The number of hydrogen-bond acceptors (Lipinski definition) is 6. The van der Waals surface area contributed by atoms with E-state index in [1.165, 1.54) is 24.2 Å². The number of aryl methyl sites for hydroxylation is 1. The van der Waals surface area contributed by atoms with Gasteiger partial charge in [0.25, 0.3) is 0 Å². The van der Waals surface area contributed by atoms with Gasteiger partial charge in [0.15, 0.2) is 5.16 Å². The van der Waals surface area contributed by atoms with Crippen LogP contribution in [0.3, 0.4) is 0 Å². The van der Waals surface area contributed by atoms with Crippen LogP contribution >= 0.6 is 11.8 Å². The van der Waals surface area contributed by atoms with E-state index >= 15 is 0 Å². The number of nitrogens with one attached hydrogen (secondary N) is 1. The predicted octanol–water partition coefficient (Wildman–Crippen LogP) is 3.37. The number of rotatable bonds is 7. The number of thioether (sulfide) groups is 1. The molecule has 0 unspecified atom stereocenters. The second-order valence-electron chi connectivity index (χ2n) is 7.37. The van der Waals surface area contributed by atoms with E-state index in [0.29, 0.717) is 11.3 Å². The van der Waals surface area contributed by atoms with Crippen LogP contribution in [0.4, 0.5) is 14.9 Å². The molecule has 0 aliphatic carbocycles. The minimum atomic E-state index is -0.558. The fourth-order valence-electron chi connectivity index (χ4n) is 3.35. The van der Waals surface area contributed by atoms with E-state index in [2.05, 4.69) is 15.4 Å². The van der Waals surface area contributed by atoms with E-state index in [1.54, 1.807) is 28.6 Å². The molecule has 2 amide bonds. The number of carbonyl (C=O) groups excluding carboxylic acids is 2. The summed E-state index contributed by atoms with van der Waals surface area (Å²) in [5.41, 5.74) is 2.69. The van der Waals surface area contributed by atoms with Crippen molar-refractivity contribution in [3.05, 3.63) is 60.2 Å². The summed E-state index contributed by atoms with van der Waals surface area (Å²) in [6.45, 7) is 1.86. The standard InChI is InChI=1S/C22H22FN5O3S/c1-14(29)24-10-18-11-28(22(30)31-18)17-7-8-19(20(23)9-17)16-5-3-15(4-6-16)12-32-21-25-13-26-27(21)2/h3-9,13,18H,10-12H2,1-2H3,(H,24,29)/t18-/m0/s1. The zero-order valence-electron chi connectivity index (χ0n) is 17.6. The molecule has 1 saturated heterocycles. The summed E-state index contributed by atoms with van der Waals surface area (Å²) in [7, 11) is 1.84. The summed E-state index contributed by atoms with van der Waals surface area (Å²) in [6, 6.07) is 12.3. The Hall–Kier alpha value is -3.40. The van der Waals surface area contributed by atoms with E-state index in [4.69, 9.17) is 4.74 Å². The summed E-state index contributed by atoms with van der Waals surface area (Å²) in [6.07, 6.45) is 0.487. The maximum absolute atomic E-state index is 14.9. The SMILES string of the molecule is CC(=O)NC[C@H]1CN(c2ccc(-c3ccc(CSc4ncnn4C)cc3)c(F)c2)C(=O)O1. The Morgan fingerprint density at radius 1 is 1.28 bits per heavy atom. The minimum absolute atomic E-state index is 0.201. The molecule has 3 aromatic rings. The Kier molecular flexibility index (Phi) is 6.40. The number of aromatic nitrogens is 3. The molecule has 166 valence electrons. The topological polar surface area (TPSA) is 89.4 Å². The molecule has 0 saturated carbocycles. The Labute approximate surface area is 188 Å². The molecular weight excluding hydrogens is 433 g/mol. The molecule has 0 spiro atoms. The molecule has 2 aromatic carbocycles. The third-order valence-corrected chi connectivity index (χ3v) is 6.13. The van der Waals surface area contributed by atoms with Gasteiger partial charge in [0.05, 0.1) is 18.8 Å². The van der Waals surface area contributed by atoms with Gasteiger partial charge in [-0.05, 0) is 29.3 Å². The van der Waals surface area contributed by atoms with Gasteiger partial charge in [-0.15, -0.1) is 0 Å². The highest BCUT2D eigenvalue weighted by atomic mass is 32.2. The van der Waals surface area contributed by atoms with Gasteiger partial charge in [0.1, 0.15) is 18.2 Å². The van der Waals surface area contributed by atoms with Crippen LogP contribution in [0.5, 0.6) is 0 Å². The second kappa shape index (κ2) is 9.39. The summed E-state index contributed by atoms with van der Waals surface area (Å²) >= 11 is 1.58. The quantitative estimate of drug-likeness (QED) is 0.550. The number of halogens is 1. The lowest BCUT2D eigenvalue weighted by Crippen LogP contribution is -2.33.